The van der Waals surface area contributed by atoms with Crippen LogP contribution in [0.2, 0.25) is 0 Å². The first kappa shape index (κ1) is 24.2. The highest BCUT2D eigenvalue weighted by Gasteiger charge is 2.34. The van der Waals surface area contributed by atoms with Gasteiger partial charge in [0.15, 0.2) is 15.5 Å². The van der Waals surface area contributed by atoms with E-state index in [1.807, 2.05) is 0 Å². The number of benzene rings is 2. The summed E-state index contributed by atoms with van der Waals surface area (Å²) < 4.78 is 64.4. The number of aromatic nitrogens is 2. The van der Waals surface area contributed by atoms with Crippen LogP contribution in [-0.2, 0) is 16.0 Å². The van der Waals surface area contributed by atoms with Crippen molar-refractivity contribution in [3.63, 3.8) is 0 Å². The Kier molecular flexibility index (Phi) is 6.46. The minimum atomic E-state index is -4.66. The van der Waals surface area contributed by atoms with Gasteiger partial charge in [0.1, 0.15) is 0 Å². The topological polar surface area (TPSA) is 98.1 Å². The molecule has 3 aromatic rings. The number of rotatable bonds is 5. The van der Waals surface area contributed by atoms with Crippen LogP contribution in [0.25, 0.3) is 5.69 Å². The van der Waals surface area contributed by atoms with Gasteiger partial charge in [-0.15, -0.1) is 0 Å². The van der Waals surface area contributed by atoms with E-state index in [2.05, 4.69) is 10.4 Å². The summed E-state index contributed by atoms with van der Waals surface area (Å²) in [6.45, 7) is 3.02. The van der Waals surface area contributed by atoms with Crippen LogP contribution < -0.4 is 10.7 Å². The van der Waals surface area contributed by atoms with E-state index in [0.717, 1.165) is 23.1 Å². The van der Waals surface area contributed by atoms with Crippen molar-refractivity contribution < 1.29 is 26.4 Å². The second kappa shape index (κ2) is 8.81. The van der Waals surface area contributed by atoms with E-state index in [1.165, 1.54) is 49.4 Å². The Labute approximate surface area is 187 Å². The number of aryl methyl sites for hydroxylation is 1. The van der Waals surface area contributed by atoms with Gasteiger partial charge in [-0.3, -0.25) is 9.59 Å². The molecule has 0 aliphatic carbocycles. The van der Waals surface area contributed by atoms with Crippen LogP contribution >= 0.6 is 0 Å². The molecule has 1 heterocycles. The molecule has 2 aromatic carbocycles. The molecule has 0 bridgehead atoms. The van der Waals surface area contributed by atoms with Crippen LogP contribution in [0.4, 0.5) is 13.2 Å². The summed E-state index contributed by atoms with van der Waals surface area (Å²) in [7, 11) is -3.39. The maximum Gasteiger partial charge on any atom is 0.418 e. The number of sulfone groups is 1. The number of alkyl halides is 3. The van der Waals surface area contributed by atoms with Crippen molar-refractivity contribution in [3.05, 3.63) is 87.3 Å². The number of nitrogens with one attached hydrogen (secondary N) is 1. The molecule has 1 N–H and O–H groups in total. The van der Waals surface area contributed by atoms with Crippen molar-refractivity contribution in [2.45, 2.75) is 31.0 Å². The molecular formula is C22H20F3N3O4S. The molecule has 1 aromatic heterocycles. The fourth-order valence-electron chi connectivity index (χ4n) is 3.20. The van der Waals surface area contributed by atoms with E-state index in [0.29, 0.717) is 5.56 Å². The summed E-state index contributed by atoms with van der Waals surface area (Å²) in [6.07, 6.45) is -3.60. The van der Waals surface area contributed by atoms with Crippen molar-refractivity contribution in [2.75, 3.05) is 6.26 Å². The van der Waals surface area contributed by atoms with Crippen molar-refractivity contribution in [2.24, 2.45) is 0 Å². The number of nitrogens with zero attached hydrogens (tertiary/aromatic N) is 2. The van der Waals surface area contributed by atoms with Gasteiger partial charge in [0, 0.05) is 18.0 Å². The maximum absolute atomic E-state index is 13.4. The number of hydrogen-bond donors (Lipinski definition) is 1. The molecule has 1 amide bonds. The van der Waals surface area contributed by atoms with Gasteiger partial charge in [-0.1, -0.05) is 24.3 Å². The minimum absolute atomic E-state index is 0.108. The summed E-state index contributed by atoms with van der Waals surface area (Å²) in [6, 6.07) is 10.9. The zero-order valence-electron chi connectivity index (χ0n) is 17.8. The lowest BCUT2D eigenvalue weighted by Gasteiger charge is -2.18. The number of hydrogen-bond acceptors (Lipinski definition) is 5. The van der Waals surface area contributed by atoms with Gasteiger partial charge >= 0.3 is 6.18 Å². The Balaban J connectivity index is 1.95. The lowest BCUT2D eigenvalue weighted by atomic mass is 10.1. The average molecular weight is 479 g/mol. The average Bonchev–Trinajstić information content (AvgIpc) is 2.72. The lowest BCUT2D eigenvalue weighted by Crippen LogP contribution is -2.33. The Bertz CT molecular complexity index is 1360. The molecule has 7 nitrogen and oxygen atoms in total. The van der Waals surface area contributed by atoms with Gasteiger partial charge < -0.3 is 5.32 Å². The van der Waals surface area contributed by atoms with Gasteiger partial charge in [-0.2, -0.15) is 18.3 Å². The number of halogens is 3. The predicted octanol–water partition coefficient (Wildman–Crippen LogP) is 3.45. The highest BCUT2D eigenvalue weighted by molar-refractivity contribution is 7.90. The second-order valence-electron chi connectivity index (χ2n) is 7.46. The molecule has 33 heavy (non-hydrogen) atoms. The van der Waals surface area contributed by atoms with Gasteiger partial charge in [0.05, 0.1) is 22.2 Å². The van der Waals surface area contributed by atoms with Gasteiger partial charge in [0.25, 0.3) is 5.91 Å². The first-order valence-corrected chi connectivity index (χ1v) is 11.6. The van der Waals surface area contributed by atoms with Gasteiger partial charge in [-0.25, -0.2) is 13.1 Å². The fourth-order valence-corrected chi connectivity index (χ4v) is 3.83. The largest absolute Gasteiger partial charge is 0.418 e. The first-order valence-electron chi connectivity index (χ1n) is 9.67. The Morgan fingerprint density at radius 3 is 2.27 bits per heavy atom. The molecule has 3 rings (SSSR count). The van der Waals surface area contributed by atoms with Crippen molar-refractivity contribution in [1.29, 1.82) is 0 Å². The third-order valence-corrected chi connectivity index (χ3v) is 6.04. The monoisotopic (exact) mass is 479 g/mol. The minimum Gasteiger partial charge on any atom is -0.344 e. The van der Waals surface area contributed by atoms with Gasteiger partial charge in [-0.05, 0) is 43.7 Å². The molecular weight excluding hydrogens is 459 g/mol. The zero-order chi connectivity index (χ0) is 24.6. The summed E-state index contributed by atoms with van der Waals surface area (Å²) in [5.74, 6) is -0.877. The van der Waals surface area contributed by atoms with Crippen molar-refractivity contribution in [3.8, 4) is 5.69 Å². The molecule has 0 spiro atoms. The lowest BCUT2D eigenvalue weighted by molar-refractivity contribution is -0.137. The quantitative estimate of drug-likeness (QED) is 0.605. The Morgan fingerprint density at radius 2 is 1.70 bits per heavy atom. The molecule has 11 heteroatoms. The number of carbonyl (C=O) groups excluding carboxylic acids is 1. The van der Waals surface area contributed by atoms with Crippen LogP contribution in [0, 0.1) is 6.92 Å². The second-order valence-corrected chi connectivity index (χ2v) is 9.48. The first-order chi connectivity index (χ1) is 15.3. The van der Waals surface area contributed by atoms with Crippen LogP contribution in [-0.4, -0.2) is 30.4 Å². The van der Waals surface area contributed by atoms with E-state index in [9.17, 15) is 31.2 Å². The van der Waals surface area contributed by atoms with Crippen LogP contribution in [0.5, 0.6) is 0 Å². The van der Waals surface area contributed by atoms with E-state index in [-0.39, 0.29) is 16.3 Å². The molecule has 1 unspecified atom stereocenters. The van der Waals surface area contributed by atoms with E-state index in [4.69, 9.17) is 0 Å². The highest BCUT2D eigenvalue weighted by atomic mass is 32.2. The van der Waals surface area contributed by atoms with Crippen LogP contribution in [0.1, 0.15) is 40.3 Å². The highest BCUT2D eigenvalue weighted by Crippen LogP contribution is 2.33. The summed E-state index contributed by atoms with van der Waals surface area (Å²) >= 11 is 0. The van der Waals surface area contributed by atoms with Crippen LogP contribution in [0.15, 0.2) is 64.3 Å². The molecule has 0 saturated carbocycles. The number of carbonyl (C=O) groups is 1. The van der Waals surface area contributed by atoms with E-state index < -0.39 is 44.6 Å². The Morgan fingerprint density at radius 1 is 1.09 bits per heavy atom. The summed E-state index contributed by atoms with van der Waals surface area (Å²) in [4.78, 5) is 25.2. The molecule has 0 aliphatic heterocycles. The van der Waals surface area contributed by atoms with Crippen LogP contribution in [0.3, 0.4) is 0 Å². The Hall–Kier alpha value is -3.47. The zero-order valence-corrected chi connectivity index (χ0v) is 18.7. The molecule has 0 radical (unpaired) electrons. The number of amides is 1. The van der Waals surface area contributed by atoms with Crippen molar-refractivity contribution >= 4 is 15.7 Å². The normalized spacial score (nSPS) is 12.9. The molecule has 174 valence electrons. The predicted molar refractivity (Wildman–Crippen MR) is 115 cm³/mol. The fraction of sp³-hybridized carbons (Fsp3) is 0.227. The van der Waals surface area contributed by atoms with E-state index in [1.54, 1.807) is 6.92 Å². The third-order valence-electron chi connectivity index (χ3n) is 4.92. The third kappa shape index (κ3) is 5.30. The van der Waals surface area contributed by atoms with Gasteiger partial charge in [0.2, 0.25) is 5.43 Å². The molecule has 0 fully saturated rings. The summed E-state index contributed by atoms with van der Waals surface area (Å²) in [5, 5.41) is 6.49. The van der Waals surface area contributed by atoms with E-state index >= 15 is 0 Å². The summed E-state index contributed by atoms with van der Waals surface area (Å²) in [5.41, 5.74) is -1.92. The standard InChI is InChI=1S/C22H20F3N3O4S/c1-13-12-19(29)20(27-28(13)18-7-5-4-6-17(18)22(23,24)25)21(30)26-14(2)15-8-10-16(11-9-15)33(3,31)32/h4-12,14H,1-3H3,(H,26,30). The smallest absolute Gasteiger partial charge is 0.344 e. The molecule has 0 saturated heterocycles. The molecule has 1 atom stereocenters. The van der Waals surface area contributed by atoms with Crippen molar-refractivity contribution in [1.82, 2.24) is 15.1 Å². The number of para-hydroxylation sites is 1. The SMILES string of the molecule is Cc1cc(=O)c(C(=O)NC(C)c2ccc(S(C)(=O)=O)cc2)nn1-c1ccccc1C(F)(F)F. The molecule has 0 aliphatic rings. The maximum atomic E-state index is 13.4.